The number of aliphatic hydroxyl groups excluding tert-OH is 1. The number of aromatic nitrogens is 2. The van der Waals surface area contributed by atoms with Crippen molar-refractivity contribution in [3.63, 3.8) is 0 Å². The highest BCUT2D eigenvalue weighted by Crippen LogP contribution is 2.40. The Labute approximate surface area is 190 Å². The predicted octanol–water partition coefficient (Wildman–Crippen LogP) is 2.54. The topological polar surface area (TPSA) is 109 Å². The second-order valence-corrected chi connectivity index (χ2v) is 8.75. The number of ether oxygens (including phenoxy) is 2. The molecule has 2 atom stereocenters. The SMILES string of the molecule is COc1cc(-c2ccnc3c(C(=O)N[C@@H]4CNC[C@@H]4O)c(C)[nH]c23)c(OCC2CC2)cc1F. The van der Waals surface area contributed by atoms with Gasteiger partial charge in [0, 0.05) is 42.2 Å². The highest BCUT2D eigenvalue weighted by atomic mass is 19.1. The smallest absolute Gasteiger partial charge is 0.255 e. The summed E-state index contributed by atoms with van der Waals surface area (Å²) >= 11 is 0. The summed E-state index contributed by atoms with van der Waals surface area (Å²) in [5.41, 5.74) is 3.60. The fourth-order valence-corrected chi connectivity index (χ4v) is 4.27. The maximum absolute atomic E-state index is 14.5. The molecule has 0 radical (unpaired) electrons. The maximum Gasteiger partial charge on any atom is 0.255 e. The number of halogens is 1. The number of aromatic amines is 1. The monoisotopic (exact) mass is 454 g/mol. The van der Waals surface area contributed by atoms with E-state index < -0.39 is 11.9 Å². The van der Waals surface area contributed by atoms with Gasteiger partial charge in [-0.05, 0) is 37.8 Å². The van der Waals surface area contributed by atoms with Gasteiger partial charge in [-0.2, -0.15) is 0 Å². The standard InChI is InChI=1S/C24H27FN4O4/c1-12-21(24(31)29-17-9-26-10-18(17)30)23-22(28-12)14(5-6-27-23)15-7-20(32-2)16(25)8-19(15)33-11-13-3-4-13/h5-8,13,17-18,26,28,30H,3-4,9-11H2,1-2H3,(H,29,31)/t17-,18+/m1/s1. The maximum atomic E-state index is 14.5. The first-order valence-corrected chi connectivity index (χ1v) is 11.1. The highest BCUT2D eigenvalue weighted by molar-refractivity contribution is 6.10. The van der Waals surface area contributed by atoms with Crippen molar-refractivity contribution in [2.24, 2.45) is 5.92 Å². The summed E-state index contributed by atoms with van der Waals surface area (Å²) in [5, 5.41) is 16.0. The number of hydrogen-bond donors (Lipinski definition) is 4. The van der Waals surface area contributed by atoms with E-state index in [9.17, 15) is 14.3 Å². The number of nitrogens with one attached hydrogen (secondary N) is 3. The minimum atomic E-state index is -0.638. The zero-order valence-electron chi connectivity index (χ0n) is 18.6. The van der Waals surface area contributed by atoms with Gasteiger partial charge in [0.2, 0.25) is 0 Å². The molecule has 3 heterocycles. The predicted molar refractivity (Wildman–Crippen MR) is 121 cm³/mol. The molecule has 4 N–H and O–H groups in total. The van der Waals surface area contributed by atoms with E-state index in [1.165, 1.54) is 13.2 Å². The van der Waals surface area contributed by atoms with Crippen LogP contribution in [0.3, 0.4) is 0 Å². The number of hydrogen-bond acceptors (Lipinski definition) is 6. The number of aryl methyl sites for hydroxylation is 1. The number of β-amino-alcohol motifs (C(OH)–C–C–N with tert-alkyl or cyclic N) is 1. The third kappa shape index (κ3) is 4.14. The number of methoxy groups -OCH3 is 1. The van der Waals surface area contributed by atoms with Crippen molar-refractivity contribution in [3.05, 3.63) is 41.5 Å². The largest absolute Gasteiger partial charge is 0.494 e. The van der Waals surface area contributed by atoms with Gasteiger partial charge >= 0.3 is 0 Å². The van der Waals surface area contributed by atoms with Crippen molar-refractivity contribution in [1.82, 2.24) is 20.6 Å². The number of pyridine rings is 1. The molecule has 1 aromatic carbocycles. The number of carbonyl (C=O) groups excluding carboxylic acids is 1. The van der Waals surface area contributed by atoms with E-state index in [4.69, 9.17) is 9.47 Å². The van der Waals surface area contributed by atoms with E-state index in [1.807, 2.05) is 0 Å². The van der Waals surface area contributed by atoms with Crippen molar-refractivity contribution in [2.75, 3.05) is 26.8 Å². The molecule has 9 heteroatoms. The van der Waals surface area contributed by atoms with Crippen LogP contribution in [-0.4, -0.2) is 59.9 Å². The number of nitrogens with zero attached hydrogens (tertiary/aromatic N) is 1. The lowest BCUT2D eigenvalue weighted by molar-refractivity contribution is 0.0889. The molecule has 0 bridgehead atoms. The van der Waals surface area contributed by atoms with Crippen molar-refractivity contribution in [1.29, 1.82) is 0 Å². The van der Waals surface area contributed by atoms with Gasteiger partial charge in [0.05, 0.1) is 36.9 Å². The van der Waals surface area contributed by atoms with Gasteiger partial charge in [-0.25, -0.2) is 4.39 Å². The minimum absolute atomic E-state index is 0.109. The summed E-state index contributed by atoms with van der Waals surface area (Å²) in [4.78, 5) is 20.8. The van der Waals surface area contributed by atoms with Crippen LogP contribution in [0.5, 0.6) is 11.5 Å². The molecular formula is C24H27FN4O4. The number of benzene rings is 1. The van der Waals surface area contributed by atoms with E-state index in [2.05, 4.69) is 20.6 Å². The number of rotatable bonds is 7. The highest BCUT2D eigenvalue weighted by Gasteiger charge is 2.29. The summed E-state index contributed by atoms with van der Waals surface area (Å²) in [5.74, 6) is 0.231. The van der Waals surface area contributed by atoms with Crippen LogP contribution in [0.2, 0.25) is 0 Å². The van der Waals surface area contributed by atoms with Gasteiger partial charge in [-0.1, -0.05) is 0 Å². The van der Waals surface area contributed by atoms with E-state index in [0.29, 0.717) is 59.2 Å². The van der Waals surface area contributed by atoms with E-state index in [0.717, 1.165) is 18.4 Å². The van der Waals surface area contributed by atoms with E-state index in [-0.39, 0.29) is 17.7 Å². The van der Waals surface area contributed by atoms with Crippen LogP contribution in [0.1, 0.15) is 28.9 Å². The molecule has 1 saturated carbocycles. The molecular weight excluding hydrogens is 427 g/mol. The van der Waals surface area contributed by atoms with Gasteiger partial charge in [-0.15, -0.1) is 0 Å². The van der Waals surface area contributed by atoms with E-state index >= 15 is 0 Å². The summed E-state index contributed by atoms with van der Waals surface area (Å²) < 4.78 is 25.7. The van der Waals surface area contributed by atoms with Gasteiger partial charge in [0.15, 0.2) is 11.6 Å². The molecule has 2 aliphatic rings. The Balaban J connectivity index is 1.57. The van der Waals surface area contributed by atoms with Gasteiger partial charge in [0.1, 0.15) is 11.3 Å². The summed E-state index contributed by atoms with van der Waals surface area (Å²) in [7, 11) is 1.42. The number of aliphatic hydroxyl groups is 1. The van der Waals surface area contributed by atoms with Crippen LogP contribution in [-0.2, 0) is 0 Å². The third-order valence-corrected chi connectivity index (χ3v) is 6.32. The van der Waals surface area contributed by atoms with Crippen LogP contribution in [0.25, 0.3) is 22.2 Å². The Morgan fingerprint density at radius 1 is 1.27 bits per heavy atom. The third-order valence-electron chi connectivity index (χ3n) is 6.32. The summed E-state index contributed by atoms with van der Waals surface area (Å²) in [6.45, 7) is 3.28. The quantitative estimate of drug-likeness (QED) is 0.437. The van der Waals surface area contributed by atoms with Gasteiger partial charge in [-0.3, -0.25) is 9.78 Å². The number of fused-ring (bicyclic) bond motifs is 1. The minimum Gasteiger partial charge on any atom is -0.494 e. The lowest BCUT2D eigenvalue weighted by atomic mass is 10.0. The van der Waals surface area contributed by atoms with Crippen molar-refractivity contribution in [2.45, 2.75) is 31.9 Å². The lowest BCUT2D eigenvalue weighted by Gasteiger charge is -2.15. The van der Waals surface area contributed by atoms with Gasteiger partial charge in [0.25, 0.3) is 5.91 Å². The average molecular weight is 455 g/mol. The van der Waals surface area contributed by atoms with Crippen LogP contribution < -0.4 is 20.1 Å². The van der Waals surface area contributed by atoms with Crippen LogP contribution in [0.15, 0.2) is 24.4 Å². The lowest BCUT2D eigenvalue weighted by Crippen LogP contribution is -2.42. The first-order chi connectivity index (χ1) is 16.0. The summed E-state index contributed by atoms with van der Waals surface area (Å²) in [6, 6.07) is 4.40. The molecule has 3 aromatic rings. The molecule has 1 amide bonds. The first kappa shape index (κ1) is 21.7. The number of H-pyrrole nitrogens is 1. The Hall–Kier alpha value is -3.17. The second-order valence-electron chi connectivity index (χ2n) is 8.75. The molecule has 174 valence electrons. The van der Waals surface area contributed by atoms with Crippen LogP contribution in [0.4, 0.5) is 4.39 Å². The molecule has 1 saturated heterocycles. The van der Waals surface area contributed by atoms with Crippen LogP contribution in [0, 0.1) is 18.7 Å². The summed E-state index contributed by atoms with van der Waals surface area (Å²) in [6.07, 6.45) is 3.22. The second kappa shape index (κ2) is 8.64. The van der Waals surface area contributed by atoms with Crippen molar-refractivity contribution in [3.8, 4) is 22.6 Å². The van der Waals surface area contributed by atoms with Crippen molar-refractivity contribution >= 4 is 16.9 Å². The molecule has 2 fully saturated rings. The molecule has 8 nitrogen and oxygen atoms in total. The molecule has 0 unspecified atom stereocenters. The van der Waals surface area contributed by atoms with E-state index in [1.54, 1.807) is 25.3 Å². The molecule has 1 aliphatic heterocycles. The molecule has 5 rings (SSSR count). The normalized spacial score (nSPS) is 20.2. The molecule has 33 heavy (non-hydrogen) atoms. The molecule has 2 aromatic heterocycles. The Bertz CT molecular complexity index is 1210. The number of amides is 1. The molecule has 0 spiro atoms. The van der Waals surface area contributed by atoms with Gasteiger partial charge < -0.3 is 30.2 Å². The zero-order chi connectivity index (χ0) is 23.1. The zero-order valence-corrected chi connectivity index (χ0v) is 18.6. The Kier molecular flexibility index (Phi) is 5.67. The Morgan fingerprint density at radius 3 is 2.79 bits per heavy atom. The Morgan fingerprint density at radius 2 is 2.09 bits per heavy atom. The van der Waals surface area contributed by atoms with Crippen LogP contribution >= 0.6 is 0 Å². The van der Waals surface area contributed by atoms with Crippen molar-refractivity contribution < 1.29 is 23.8 Å². The first-order valence-electron chi connectivity index (χ1n) is 11.1. The fourth-order valence-electron chi connectivity index (χ4n) is 4.27. The number of carbonyl (C=O) groups is 1. The molecule has 1 aliphatic carbocycles. The fraction of sp³-hybridized carbons (Fsp3) is 0.417. The average Bonchev–Trinajstić information content (AvgIpc) is 3.45.